The van der Waals surface area contributed by atoms with Gasteiger partial charge in [0.25, 0.3) is 5.91 Å². The summed E-state index contributed by atoms with van der Waals surface area (Å²) in [6, 6.07) is 1.99. The number of aromatic nitrogens is 1. The van der Waals surface area contributed by atoms with Gasteiger partial charge in [0, 0.05) is 25.8 Å². The Morgan fingerprint density at radius 2 is 2.24 bits per heavy atom. The summed E-state index contributed by atoms with van der Waals surface area (Å²) in [5.41, 5.74) is 7.04. The SMILES string of the molecule is CC(C)N(CC1CC1)C(=O)c1cc(N)cn1C. The van der Waals surface area contributed by atoms with Gasteiger partial charge in [0.1, 0.15) is 5.69 Å². The molecule has 94 valence electrons. The van der Waals surface area contributed by atoms with Crippen LogP contribution < -0.4 is 5.73 Å². The molecule has 1 saturated carbocycles. The number of carbonyl (C=O) groups excluding carboxylic acids is 1. The molecule has 0 radical (unpaired) electrons. The van der Waals surface area contributed by atoms with Crippen LogP contribution in [0.5, 0.6) is 0 Å². The summed E-state index contributed by atoms with van der Waals surface area (Å²) in [5, 5.41) is 0. The van der Waals surface area contributed by atoms with Gasteiger partial charge in [-0.3, -0.25) is 4.79 Å². The number of amides is 1. The minimum Gasteiger partial charge on any atom is -0.397 e. The lowest BCUT2D eigenvalue weighted by Crippen LogP contribution is -2.39. The molecule has 0 aliphatic heterocycles. The van der Waals surface area contributed by atoms with Crippen LogP contribution in [-0.4, -0.2) is 28.0 Å². The highest BCUT2D eigenvalue weighted by Crippen LogP contribution is 2.31. The second-order valence-corrected chi connectivity index (χ2v) is 5.26. The number of nitrogens with two attached hydrogens (primary N) is 1. The molecule has 0 aromatic carbocycles. The molecule has 1 aromatic heterocycles. The van der Waals surface area contributed by atoms with Crippen molar-refractivity contribution in [2.45, 2.75) is 32.7 Å². The maximum absolute atomic E-state index is 12.4. The Morgan fingerprint density at radius 1 is 1.59 bits per heavy atom. The zero-order valence-electron chi connectivity index (χ0n) is 10.8. The molecule has 1 aliphatic carbocycles. The van der Waals surface area contributed by atoms with Crippen LogP contribution in [0.2, 0.25) is 0 Å². The number of nitrogens with zero attached hydrogens (tertiary/aromatic N) is 2. The third kappa shape index (κ3) is 2.62. The van der Waals surface area contributed by atoms with E-state index in [1.54, 1.807) is 16.8 Å². The molecule has 4 nitrogen and oxygen atoms in total. The highest BCUT2D eigenvalue weighted by Gasteiger charge is 2.29. The normalized spacial score (nSPS) is 15.3. The zero-order valence-corrected chi connectivity index (χ0v) is 10.8. The number of aryl methyl sites for hydroxylation is 1. The van der Waals surface area contributed by atoms with E-state index in [1.165, 1.54) is 12.8 Å². The number of hydrogen-bond donors (Lipinski definition) is 1. The van der Waals surface area contributed by atoms with E-state index in [4.69, 9.17) is 5.73 Å². The fourth-order valence-corrected chi connectivity index (χ4v) is 2.06. The highest BCUT2D eigenvalue weighted by atomic mass is 16.2. The Morgan fingerprint density at radius 3 is 2.65 bits per heavy atom. The maximum atomic E-state index is 12.4. The molecule has 1 fully saturated rings. The number of anilines is 1. The van der Waals surface area contributed by atoms with E-state index in [1.807, 2.05) is 11.9 Å². The van der Waals surface area contributed by atoms with Crippen molar-refractivity contribution in [1.29, 1.82) is 0 Å². The Balaban J connectivity index is 2.17. The fourth-order valence-electron chi connectivity index (χ4n) is 2.06. The van der Waals surface area contributed by atoms with Crippen molar-refractivity contribution in [2.24, 2.45) is 13.0 Å². The largest absolute Gasteiger partial charge is 0.397 e. The van der Waals surface area contributed by atoms with Gasteiger partial charge < -0.3 is 15.2 Å². The van der Waals surface area contributed by atoms with Gasteiger partial charge in [-0.25, -0.2) is 0 Å². The molecule has 0 bridgehead atoms. The summed E-state index contributed by atoms with van der Waals surface area (Å²) in [6.45, 7) is 5.00. The van der Waals surface area contributed by atoms with Gasteiger partial charge in [0.05, 0.1) is 5.69 Å². The van der Waals surface area contributed by atoms with Crippen molar-refractivity contribution < 1.29 is 4.79 Å². The summed E-state index contributed by atoms with van der Waals surface area (Å²) in [5.74, 6) is 0.796. The molecule has 1 amide bonds. The number of rotatable bonds is 4. The van der Waals surface area contributed by atoms with Crippen molar-refractivity contribution in [1.82, 2.24) is 9.47 Å². The Bertz CT molecular complexity index is 418. The molecule has 2 rings (SSSR count). The molecule has 0 spiro atoms. The van der Waals surface area contributed by atoms with Crippen molar-refractivity contribution in [2.75, 3.05) is 12.3 Å². The van der Waals surface area contributed by atoms with Crippen molar-refractivity contribution in [3.63, 3.8) is 0 Å². The predicted octanol–water partition coefficient (Wildman–Crippen LogP) is 1.87. The van der Waals surface area contributed by atoms with Crippen molar-refractivity contribution in [3.05, 3.63) is 18.0 Å². The van der Waals surface area contributed by atoms with Gasteiger partial charge in [-0.15, -0.1) is 0 Å². The highest BCUT2D eigenvalue weighted by molar-refractivity contribution is 5.94. The van der Waals surface area contributed by atoms with E-state index in [9.17, 15) is 4.79 Å². The van der Waals surface area contributed by atoms with Crippen molar-refractivity contribution >= 4 is 11.6 Å². The van der Waals surface area contributed by atoms with E-state index in [0.29, 0.717) is 17.3 Å². The van der Waals surface area contributed by atoms with Crippen LogP contribution in [0.4, 0.5) is 5.69 Å². The summed E-state index contributed by atoms with van der Waals surface area (Å²) in [4.78, 5) is 14.4. The smallest absolute Gasteiger partial charge is 0.270 e. The average Bonchev–Trinajstić information content (AvgIpc) is 2.99. The fraction of sp³-hybridized carbons (Fsp3) is 0.615. The standard InChI is InChI=1S/C13H21N3O/c1-9(2)16(7-10-4-5-10)13(17)12-6-11(14)8-15(12)3/h6,8-10H,4-5,7,14H2,1-3H3. The number of hydrogen-bond acceptors (Lipinski definition) is 2. The van der Waals surface area contributed by atoms with Crippen LogP contribution in [0.25, 0.3) is 0 Å². The summed E-state index contributed by atoms with van der Waals surface area (Å²) in [7, 11) is 1.86. The minimum absolute atomic E-state index is 0.0890. The molecule has 1 aromatic rings. The van der Waals surface area contributed by atoms with Gasteiger partial charge >= 0.3 is 0 Å². The van der Waals surface area contributed by atoms with Crippen LogP contribution in [0.3, 0.4) is 0 Å². The number of carbonyl (C=O) groups is 1. The maximum Gasteiger partial charge on any atom is 0.270 e. The molecular formula is C13H21N3O. The van der Waals surface area contributed by atoms with Gasteiger partial charge in [-0.05, 0) is 38.7 Å². The molecule has 17 heavy (non-hydrogen) atoms. The van der Waals surface area contributed by atoms with Crippen LogP contribution in [0.1, 0.15) is 37.2 Å². The zero-order chi connectivity index (χ0) is 12.6. The predicted molar refractivity (Wildman–Crippen MR) is 68.7 cm³/mol. The van der Waals surface area contributed by atoms with E-state index >= 15 is 0 Å². The van der Waals surface area contributed by atoms with Gasteiger partial charge in [0.15, 0.2) is 0 Å². The third-order valence-electron chi connectivity index (χ3n) is 3.28. The molecule has 0 atom stereocenters. The molecule has 1 aliphatic rings. The minimum atomic E-state index is 0.0890. The van der Waals surface area contributed by atoms with Crippen LogP contribution in [-0.2, 0) is 7.05 Å². The first kappa shape index (κ1) is 12.0. The second kappa shape index (κ2) is 4.43. The van der Waals surface area contributed by atoms with Crippen molar-refractivity contribution in [3.8, 4) is 0 Å². The lowest BCUT2D eigenvalue weighted by Gasteiger charge is -2.26. The first-order valence-corrected chi connectivity index (χ1v) is 6.22. The Kier molecular flexibility index (Phi) is 3.13. The third-order valence-corrected chi connectivity index (χ3v) is 3.28. The van der Waals surface area contributed by atoms with Gasteiger partial charge in [-0.1, -0.05) is 0 Å². The van der Waals surface area contributed by atoms with Crippen LogP contribution in [0.15, 0.2) is 12.3 Å². The van der Waals surface area contributed by atoms with Gasteiger partial charge in [0.2, 0.25) is 0 Å². The molecule has 1 heterocycles. The topological polar surface area (TPSA) is 51.3 Å². The molecule has 0 unspecified atom stereocenters. The lowest BCUT2D eigenvalue weighted by atomic mass is 10.2. The lowest BCUT2D eigenvalue weighted by molar-refractivity contribution is 0.0686. The van der Waals surface area contributed by atoms with E-state index in [2.05, 4.69) is 13.8 Å². The van der Waals surface area contributed by atoms with E-state index < -0.39 is 0 Å². The molecule has 0 saturated heterocycles. The van der Waals surface area contributed by atoms with Gasteiger partial charge in [-0.2, -0.15) is 0 Å². The summed E-state index contributed by atoms with van der Waals surface area (Å²) in [6.07, 6.45) is 4.29. The first-order valence-electron chi connectivity index (χ1n) is 6.22. The second-order valence-electron chi connectivity index (χ2n) is 5.26. The number of nitrogen functional groups attached to an aromatic ring is 1. The van der Waals surface area contributed by atoms with E-state index in [0.717, 1.165) is 6.54 Å². The first-order chi connectivity index (χ1) is 7.99. The monoisotopic (exact) mass is 235 g/mol. The van der Waals surface area contributed by atoms with E-state index in [-0.39, 0.29) is 11.9 Å². The summed E-state index contributed by atoms with van der Waals surface area (Å²) >= 11 is 0. The van der Waals surface area contributed by atoms with Crippen LogP contribution >= 0.6 is 0 Å². The Labute approximate surface area is 102 Å². The van der Waals surface area contributed by atoms with Crippen LogP contribution in [0, 0.1) is 5.92 Å². The molecule has 4 heteroatoms. The Hall–Kier alpha value is -1.45. The average molecular weight is 235 g/mol. The quantitative estimate of drug-likeness (QED) is 0.866. The molecular weight excluding hydrogens is 214 g/mol. The molecule has 2 N–H and O–H groups in total. The summed E-state index contributed by atoms with van der Waals surface area (Å²) < 4.78 is 1.81.